The van der Waals surface area contributed by atoms with Crippen LogP contribution in [0.2, 0.25) is 0 Å². The number of anilines is 1. The van der Waals surface area contributed by atoms with Crippen molar-refractivity contribution in [2.75, 3.05) is 23.9 Å². The third kappa shape index (κ3) is 7.01. The van der Waals surface area contributed by atoms with Gasteiger partial charge in [-0.05, 0) is 70.4 Å². The van der Waals surface area contributed by atoms with Crippen LogP contribution in [0.15, 0.2) is 77.7 Å². The Bertz CT molecular complexity index is 1360. The van der Waals surface area contributed by atoms with Gasteiger partial charge in [-0.2, -0.15) is 0 Å². The molecule has 0 spiro atoms. The van der Waals surface area contributed by atoms with Crippen molar-refractivity contribution in [2.45, 2.75) is 52.0 Å². The lowest BCUT2D eigenvalue weighted by atomic mass is 10.1. The van der Waals surface area contributed by atoms with Crippen LogP contribution < -0.4 is 9.62 Å². The van der Waals surface area contributed by atoms with Crippen LogP contribution in [-0.4, -0.2) is 50.8 Å². The van der Waals surface area contributed by atoms with Crippen LogP contribution in [-0.2, 0) is 26.0 Å². The second-order valence-electron chi connectivity index (χ2n) is 9.51. The number of nitrogens with zero attached hydrogens (tertiary/aromatic N) is 2. The molecular formula is C30H37N3O4S. The first kappa shape index (κ1) is 28.9. The molecule has 3 rings (SSSR count). The molecule has 38 heavy (non-hydrogen) atoms. The first-order valence-corrected chi connectivity index (χ1v) is 14.3. The predicted molar refractivity (Wildman–Crippen MR) is 152 cm³/mol. The van der Waals surface area contributed by atoms with Gasteiger partial charge in [0.25, 0.3) is 10.0 Å². The molecule has 1 atom stereocenters. The highest BCUT2D eigenvalue weighted by atomic mass is 32.2. The molecule has 8 heteroatoms. The molecule has 1 N–H and O–H groups in total. The summed E-state index contributed by atoms with van der Waals surface area (Å²) in [6, 6.07) is 20.9. The van der Waals surface area contributed by atoms with Gasteiger partial charge < -0.3 is 10.2 Å². The van der Waals surface area contributed by atoms with Crippen molar-refractivity contribution in [1.29, 1.82) is 0 Å². The fourth-order valence-electron chi connectivity index (χ4n) is 4.33. The molecule has 0 aliphatic heterocycles. The van der Waals surface area contributed by atoms with E-state index in [0.29, 0.717) is 18.7 Å². The zero-order valence-electron chi connectivity index (χ0n) is 22.8. The molecule has 0 saturated heterocycles. The Kier molecular flexibility index (Phi) is 9.69. The summed E-state index contributed by atoms with van der Waals surface area (Å²) in [7, 11) is -4.07. The highest BCUT2D eigenvalue weighted by Crippen LogP contribution is 2.28. The first-order chi connectivity index (χ1) is 18.0. The normalized spacial score (nSPS) is 12.0. The number of hydrogen-bond acceptors (Lipinski definition) is 4. The van der Waals surface area contributed by atoms with Crippen molar-refractivity contribution in [3.05, 3.63) is 95.1 Å². The van der Waals surface area contributed by atoms with E-state index in [0.717, 1.165) is 26.6 Å². The lowest BCUT2D eigenvalue weighted by Gasteiger charge is -2.32. The fourth-order valence-corrected chi connectivity index (χ4v) is 5.81. The molecule has 0 saturated carbocycles. The number of carbonyl (C=O) groups is 2. The highest BCUT2D eigenvalue weighted by Gasteiger charge is 2.32. The Morgan fingerprint density at radius 3 is 2.13 bits per heavy atom. The first-order valence-electron chi connectivity index (χ1n) is 12.8. The Morgan fingerprint density at radius 1 is 0.895 bits per heavy atom. The largest absolute Gasteiger partial charge is 0.355 e. The highest BCUT2D eigenvalue weighted by molar-refractivity contribution is 7.92. The molecule has 3 aromatic carbocycles. The molecule has 0 aliphatic carbocycles. The SMILES string of the molecule is CCNC(=O)C(C)N(CCc1ccccc1)C(=O)CN(c1ccc(C)cc1C)S(=O)(=O)c1ccc(C)cc1. The number of benzene rings is 3. The van der Waals surface area contributed by atoms with Crippen LogP contribution in [0.3, 0.4) is 0 Å². The molecule has 7 nitrogen and oxygen atoms in total. The molecule has 2 amide bonds. The number of carbonyl (C=O) groups excluding carboxylic acids is 2. The van der Waals surface area contributed by atoms with Crippen molar-refractivity contribution in [1.82, 2.24) is 10.2 Å². The van der Waals surface area contributed by atoms with Crippen molar-refractivity contribution < 1.29 is 18.0 Å². The zero-order valence-corrected chi connectivity index (χ0v) is 23.6. The number of rotatable bonds is 11. The van der Waals surface area contributed by atoms with Gasteiger partial charge in [-0.25, -0.2) is 8.42 Å². The number of hydrogen-bond donors (Lipinski definition) is 1. The number of amides is 2. The van der Waals surface area contributed by atoms with Gasteiger partial charge in [0.2, 0.25) is 11.8 Å². The number of nitrogens with one attached hydrogen (secondary N) is 1. The van der Waals surface area contributed by atoms with Gasteiger partial charge in [0, 0.05) is 13.1 Å². The standard InChI is InChI=1S/C30H37N3O4S/c1-6-31-30(35)25(5)32(19-18-26-10-8-7-9-11-26)29(34)21-33(28-17-14-23(3)20-24(28)4)38(36,37)27-15-12-22(2)13-16-27/h7-17,20,25H,6,18-19,21H2,1-5H3,(H,31,35). The maximum absolute atomic E-state index is 13.9. The average Bonchev–Trinajstić information content (AvgIpc) is 2.88. The minimum atomic E-state index is -4.07. The van der Waals surface area contributed by atoms with Gasteiger partial charge in [-0.15, -0.1) is 0 Å². The smallest absolute Gasteiger partial charge is 0.264 e. The van der Waals surface area contributed by atoms with Crippen LogP contribution in [0.1, 0.15) is 36.1 Å². The van der Waals surface area contributed by atoms with Gasteiger partial charge in [0.05, 0.1) is 10.6 Å². The maximum Gasteiger partial charge on any atom is 0.264 e. The minimum Gasteiger partial charge on any atom is -0.355 e. The second-order valence-corrected chi connectivity index (χ2v) is 11.4. The molecule has 202 valence electrons. The second kappa shape index (κ2) is 12.7. The summed E-state index contributed by atoms with van der Waals surface area (Å²) >= 11 is 0. The van der Waals surface area contributed by atoms with E-state index in [9.17, 15) is 18.0 Å². The average molecular weight is 536 g/mol. The van der Waals surface area contributed by atoms with Crippen molar-refractivity contribution in [2.24, 2.45) is 0 Å². The summed E-state index contributed by atoms with van der Waals surface area (Å²) in [6.07, 6.45) is 0.532. The molecule has 0 radical (unpaired) electrons. The molecule has 0 bridgehead atoms. The summed E-state index contributed by atoms with van der Waals surface area (Å²) in [6.45, 7) is 9.40. The van der Waals surface area contributed by atoms with E-state index in [-0.39, 0.29) is 17.3 Å². The van der Waals surface area contributed by atoms with E-state index in [2.05, 4.69) is 5.32 Å². The van der Waals surface area contributed by atoms with Gasteiger partial charge in [-0.3, -0.25) is 13.9 Å². The fraction of sp³-hybridized carbons (Fsp3) is 0.333. The van der Waals surface area contributed by atoms with Crippen LogP contribution in [0.25, 0.3) is 0 Å². The van der Waals surface area contributed by atoms with Crippen molar-refractivity contribution in [3.8, 4) is 0 Å². The van der Waals surface area contributed by atoms with E-state index in [4.69, 9.17) is 0 Å². The predicted octanol–water partition coefficient (Wildman–Crippen LogP) is 4.40. The van der Waals surface area contributed by atoms with Crippen molar-refractivity contribution in [3.63, 3.8) is 0 Å². The Labute approximate surface area is 226 Å². The third-order valence-electron chi connectivity index (χ3n) is 6.51. The van der Waals surface area contributed by atoms with Crippen LogP contribution in [0.4, 0.5) is 5.69 Å². The summed E-state index contributed by atoms with van der Waals surface area (Å²) in [4.78, 5) is 28.2. The molecule has 0 heterocycles. The molecule has 0 fully saturated rings. The molecule has 0 aliphatic rings. The van der Waals surface area contributed by atoms with E-state index in [1.54, 1.807) is 37.3 Å². The van der Waals surface area contributed by atoms with Gasteiger partial charge in [0.15, 0.2) is 0 Å². The third-order valence-corrected chi connectivity index (χ3v) is 8.29. The van der Waals surface area contributed by atoms with E-state index >= 15 is 0 Å². The molecule has 3 aromatic rings. The van der Waals surface area contributed by atoms with Gasteiger partial charge in [0.1, 0.15) is 12.6 Å². The number of likely N-dealkylation sites (N-methyl/N-ethyl adjacent to an activating group) is 1. The lowest BCUT2D eigenvalue weighted by molar-refractivity contribution is -0.138. The molecule has 1 unspecified atom stereocenters. The van der Waals surface area contributed by atoms with Gasteiger partial charge >= 0.3 is 0 Å². The van der Waals surface area contributed by atoms with Crippen LogP contribution in [0.5, 0.6) is 0 Å². The summed E-state index contributed by atoms with van der Waals surface area (Å²) in [5.41, 5.74) is 4.10. The minimum absolute atomic E-state index is 0.100. The Balaban J connectivity index is 2.01. The Hall–Kier alpha value is -3.65. The van der Waals surface area contributed by atoms with Crippen LogP contribution >= 0.6 is 0 Å². The monoisotopic (exact) mass is 535 g/mol. The maximum atomic E-state index is 13.9. The van der Waals surface area contributed by atoms with Crippen molar-refractivity contribution >= 4 is 27.5 Å². The summed E-state index contributed by atoms with van der Waals surface area (Å²) < 4.78 is 29.0. The van der Waals surface area contributed by atoms with Gasteiger partial charge in [-0.1, -0.05) is 65.7 Å². The summed E-state index contributed by atoms with van der Waals surface area (Å²) in [5, 5.41) is 2.78. The van der Waals surface area contributed by atoms with E-state index < -0.39 is 28.5 Å². The zero-order chi connectivity index (χ0) is 27.9. The van der Waals surface area contributed by atoms with E-state index in [1.807, 2.05) is 70.2 Å². The topological polar surface area (TPSA) is 86.8 Å². The van der Waals surface area contributed by atoms with Crippen LogP contribution in [0, 0.1) is 20.8 Å². The number of sulfonamides is 1. The number of aryl methyl sites for hydroxylation is 3. The molecule has 0 aromatic heterocycles. The lowest BCUT2D eigenvalue weighted by Crippen LogP contribution is -2.52. The Morgan fingerprint density at radius 2 is 1.53 bits per heavy atom. The van der Waals surface area contributed by atoms with E-state index in [1.165, 1.54) is 4.90 Å². The quantitative estimate of drug-likeness (QED) is 0.394. The summed E-state index contributed by atoms with van der Waals surface area (Å²) in [5.74, 6) is -0.733. The molecular weight excluding hydrogens is 498 g/mol.